The Hall–Kier alpha value is -0.810. The van der Waals surface area contributed by atoms with E-state index in [9.17, 15) is 14.6 Å². The molecule has 0 aliphatic carbocycles. The van der Waals surface area contributed by atoms with Crippen LogP contribution in [0.2, 0.25) is 0 Å². The number of hydrogen-bond acceptors (Lipinski definition) is 3. The first-order valence-electron chi connectivity index (χ1n) is 5.69. The predicted molar refractivity (Wildman–Crippen MR) is 66.7 cm³/mol. The molecule has 1 aromatic rings. The number of benzene rings is 1. The number of nitrogens with one attached hydrogen (secondary N) is 1. The molecule has 0 amide bonds. The maximum atomic E-state index is 13.8. The van der Waals surface area contributed by atoms with Crippen molar-refractivity contribution in [2.24, 2.45) is 5.92 Å². The van der Waals surface area contributed by atoms with Crippen LogP contribution in [-0.4, -0.2) is 23.3 Å². The fraction of sp³-hybridized carbons (Fsp3) is 0.500. The molecule has 1 aliphatic rings. The van der Waals surface area contributed by atoms with Crippen LogP contribution in [0.1, 0.15) is 18.4 Å². The van der Waals surface area contributed by atoms with E-state index >= 15 is 0 Å². The van der Waals surface area contributed by atoms with Crippen molar-refractivity contribution in [3.05, 3.63) is 21.9 Å². The number of rotatable bonds is 2. The highest BCUT2D eigenvalue weighted by Crippen LogP contribution is 2.36. The SMILES string of the molecule is Oc1cc(Br)c(CC2CCCNC2)c(F)c1O. The van der Waals surface area contributed by atoms with Crippen molar-refractivity contribution in [2.75, 3.05) is 13.1 Å². The van der Waals surface area contributed by atoms with E-state index in [2.05, 4.69) is 21.2 Å². The molecule has 1 unspecified atom stereocenters. The summed E-state index contributed by atoms with van der Waals surface area (Å²) in [5, 5.41) is 21.9. The second-order valence-electron chi connectivity index (χ2n) is 4.44. The second-order valence-corrected chi connectivity index (χ2v) is 5.29. The van der Waals surface area contributed by atoms with Crippen molar-refractivity contribution < 1.29 is 14.6 Å². The highest BCUT2D eigenvalue weighted by Gasteiger charge is 2.21. The van der Waals surface area contributed by atoms with Crippen LogP contribution < -0.4 is 5.32 Å². The van der Waals surface area contributed by atoms with Gasteiger partial charge in [-0.25, -0.2) is 4.39 Å². The Labute approximate surface area is 108 Å². The van der Waals surface area contributed by atoms with Crippen LogP contribution in [0.3, 0.4) is 0 Å². The molecule has 1 heterocycles. The van der Waals surface area contributed by atoms with Gasteiger partial charge < -0.3 is 15.5 Å². The molecule has 0 aromatic heterocycles. The van der Waals surface area contributed by atoms with Crippen LogP contribution in [-0.2, 0) is 6.42 Å². The molecule has 1 aromatic carbocycles. The molecule has 0 bridgehead atoms. The molecule has 3 N–H and O–H groups in total. The Kier molecular flexibility index (Phi) is 3.89. The van der Waals surface area contributed by atoms with Crippen LogP contribution in [0.4, 0.5) is 4.39 Å². The van der Waals surface area contributed by atoms with Crippen molar-refractivity contribution in [3.63, 3.8) is 0 Å². The lowest BCUT2D eigenvalue weighted by Crippen LogP contribution is -2.31. The van der Waals surface area contributed by atoms with Crippen LogP contribution in [0.15, 0.2) is 10.5 Å². The van der Waals surface area contributed by atoms with E-state index in [-0.39, 0.29) is 0 Å². The third-order valence-electron chi connectivity index (χ3n) is 3.16. The van der Waals surface area contributed by atoms with Crippen molar-refractivity contribution in [1.29, 1.82) is 0 Å². The van der Waals surface area contributed by atoms with Gasteiger partial charge in [-0.2, -0.15) is 0 Å². The van der Waals surface area contributed by atoms with Gasteiger partial charge >= 0.3 is 0 Å². The summed E-state index contributed by atoms with van der Waals surface area (Å²) in [4.78, 5) is 0. The highest BCUT2D eigenvalue weighted by molar-refractivity contribution is 9.10. The molecule has 1 fully saturated rings. The van der Waals surface area contributed by atoms with Gasteiger partial charge in [-0.3, -0.25) is 0 Å². The maximum absolute atomic E-state index is 13.8. The van der Waals surface area contributed by atoms with E-state index in [1.807, 2.05) is 0 Å². The van der Waals surface area contributed by atoms with Crippen molar-refractivity contribution >= 4 is 15.9 Å². The Bertz CT molecular complexity index is 419. The molecule has 3 nitrogen and oxygen atoms in total. The molecule has 1 saturated heterocycles. The third-order valence-corrected chi connectivity index (χ3v) is 3.87. The summed E-state index contributed by atoms with van der Waals surface area (Å²) < 4.78 is 14.3. The van der Waals surface area contributed by atoms with Crippen LogP contribution >= 0.6 is 15.9 Å². The molecular weight excluding hydrogens is 289 g/mol. The predicted octanol–water partition coefficient (Wildman–Crippen LogP) is 2.54. The standard InChI is InChI=1S/C12H15BrFNO2/c13-9-5-10(16)12(17)11(14)8(9)4-7-2-1-3-15-6-7/h5,7,15-17H,1-4,6H2. The lowest BCUT2D eigenvalue weighted by atomic mass is 9.92. The average Bonchev–Trinajstić information content (AvgIpc) is 2.33. The monoisotopic (exact) mass is 303 g/mol. The van der Waals surface area contributed by atoms with E-state index in [0.717, 1.165) is 25.9 Å². The average molecular weight is 304 g/mol. The van der Waals surface area contributed by atoms with E-state index in [4.69, 9.17) is 0 Å². The minimum Gasteiger partial charge on any atom is -0.504 e. The maximum Gasteiger partial charge on any atom is 0.194 e. The quantitative estimate of drug-likeness (QED) is 0.736. The summed E-state index contributed by atoms with van der Waals surface area (Å²) in [6, 6.07) is 1.34. The molecule has 2 rings (SSSR count). The molecule has 94 valence electrons. The minimum atomic E-state index is -0.720. The first-order chi connectivity index (χ1) is 8.09. The van der Waals surface area contributed by atoms with Crippen LogP contribution in [0, 0.1) is 11.7 Å². The zero-order valence-corrected chi connectivity index (χ0v) is 10.9. The molecule has 0 spiro atoms. The lowest BCUT2D eigenvalue weighted by molar-refractivity contribution is 0.357. The molecule has 5 heteroatoms. The van der Waals surface area contributed by atoms with Gasteiger partial charge in [-0.15, -0.1) is 0 Å². The van der Waals surface area contributed by atoms with Gasteiger partial charge in [0.15, 0.2) is 17.3 Å². The Morgan fingerprint density at radius 3 is 2.88 bits per heavy atom. The molecule has 0 radical (unpaired) electrons. The number of phenolic OH excluding ortho intramolecular Hbond substituents is 2. The fourth-order valence-electron chi connectivity index (χ4n) is 2.21. The van der Waals surface area contributed by atoms with Gasteiger partial charge in [0.05, 0.1) is 0 Å². The minimum absolute atomic E-state index is 0.374. The van der Waals surface area contributed by atoms with Gasteiger partial charge in [-0.1, -0.05) is 15.9 Å². The summed E-state index contributed by atoms with van der Waals surface area (Å²) in [5.74, 6) is -1.44. The van der Waals surface area contributed by atoms with E-state index < -0.39 is 17.3 Å². The van der Waals surface area contributed by atoms with Gasteiger partial charge in [-0.05, 0) is 44.3 Å². The smallest absolute Gasteiger partial charge is 0.194 e. The van der Waals surface area contributed by atoms with Crippen molar-refractivity contribution in [1.82, 2.24) is 5.32 Å². The molecular formula is C12H15BrFNO2. The molecule has 1 atom stereocenters. The topological polar surface area (TPSA) is 52.5 Å². The number of piperidine rings is 1. The number of hydrogen-bond donors (Lipinski definition) is 3. The van der Waals surface area contributed by atoms with Crippen LogP contribution in [0.5, 0.6) is 11.5 Å². The van der Waals surface area contributed by atoms with Gasteiger partial charge in [0.25, 0.3) is 0 Å². The first kappa shape index (κ1) is 12.6. The zero-order chi connectivity index (χ0) is 12.4. The van der Waals surface area contributed by atoms with E-state index in [0.29, 0.717) is 22.4 Å². The molecule has 1 aliphatic heterocycles. The summed E-state index contributed by atoms with van der Waals surface area (Å²) in [5.41, 5.74) is 0.439. The number of halogens is 2. The van der Waals surface area contributed by atoms with E-state index in [1.54, 1.807) is 0 Å². The van der Waals surface area contributed by atoms with Crippen LogP contribution in [0.25, 0.3) is 0 Å². The molecule has 17 heavy (non-hydrogen) atoms. The van der Waals surface area contributed by atoms with E-state index in [1.165, 1.54) is 6.07 Å². The Morgan fingerprint density at radius 1 is 1.47 bits per heavy atom. The molecule has 0 saturated carbocycles. The fourth-order valence-corrected chi connectivity index (χ4v) is 2.76. The summed E-state index contributed by atoms with van der Waals surface area (Å²) in [6.07, 6.45) is 2.71. The van der Waals surface area contributed by atoms with Crippen molar-refractivity contribution in [2.45, 2.75) is 19.3 Å². The largest absolute Gasteiger partial charge is 0.504 e. The normalized spacial score (nSPS) is 20.5. The summed E-state index contributed by atoms with van der Waals surface area (Å²) in [6.45, 7) is 1.88. The first-order valence-corrected chi connectivity index (χ1v) is 6.48. The second kappa shape index (κ2) is 5.23. The van der Waals surface area contributed by atoms with Crippen molar-refractivity contribution in [3.8, 4) is 11.5 Å². The number of phenols is 2. The number of aromatic hydroxyl groups is 2. The zero-order valence-electron chi connectivity index (χ0n) is 9.34. The summed E-state index contributed by atoms with van der Waals surface area (Å²) in [7, 11) is 0. The Morgan fingerprint density at radius 2 is 2.24 bits per heavy atom. The third kappa shape index (κ3) is 2.72. The van der Waals surface area contributed by atoms with Gasteiger partial charge in [0.1, 0.15) is 0 Å². The van der Waals surface area contributed by atoms with Gasteiger partial charge in [0.2, 0.25) is 0 Å². The summed E-state index contributed by atoms with van der Waals surface area (Å²) >= 11 is 3.23. The lowest BCUT2D eigenvalue weighted by Gasteiger charge is -2.23. The highest BCUT2D eigenvalue weighted by atomic mass is 79.9. The van der Waals surface area contributed by atoms with Gasteiger partial charge in [0, 0.05) is 10.0 Å². The Balaban J connectivity index is 2.22.